The predicted octanol–water partition coefficient (Wildman–Crippen LogP) is 5.53. The fourth-order valence-corrected chi connectivity index (χ4v) is 4.72. The average molecular weight is 447 g/mol. The zero-order valence-electron chi connectivity index (χ0n) is 18.6. The van der Waals surface area contributed by atoms with E-state index in [9.17, 15) is 9.18 Å². The van der Waals surface area contributed by atoms with E-state index in [0.29, 0.717) is 18.8 Å². The number of carbonyl (C=O) groups is 1. The summed E-state index contributed by atoms with van der Waals surface area (Å²) in [6, 6.07) is 13.7. The minimum absolute atomic E-state index is 0.140. The molecule has 1 unspecified atom stereocenters. The van der Waals surface area contributed by atoms with Crippen molar-refractivity contribution < 1.29 is 13.9 Å². The monoisotopic (exact) mass is 446 g/mol. The molecule has 6 nitrogen and oxygen atoms in total. The third kappa shape index (κ3) is 4.35. The third-order valence-corrected chi connectivity index (χ3v) is 6.32. The summed E-state index contributed by atoms with van der Waals surface area (Å²) in [5.74, 6) is 1.59. The van der Waals surface area contributed by atoms with E-state index in [4.69, 9.17) is 9.72 Å². The Morgan fingerprint density at radius 2 is 2.06 bits per heavy atom. The van der Waals surface area contributed by atoms with Gasteiger partial charge < -0.3 is 19.5 Å². The number of aromatic nitrogens is 2. The molecule has 0 bridgehead atoms. The number of methoxy groups -OCH3 is 1. The van der Waals surface area contributed by atoms with Gasteiger partial charge in [0.15, 0.2) is 0 Å². The van der Waals surface area contributed by atoms with Crippen LogP contribution in [0, 0.1) is 5.82 Å². The van der Waals surface area contributed by atoms with Crippen LogP contribution in [0.1, 0.15) is 36.7 Å². The Kier molecular flexibility index (Phi) is 5.86. The van der Waals surface area contributed by atoms with Crippen molar-refractivity contribution in [1.82, 2.24) is 14.5 Å². The maximum atomic E-state index is 13.5. The number of nitrogens with one attached hydrogen (secondary N) is 1. The lowest BCUT2D eigenvalue weighted by atomic mass is 9.97. The number of hydrogen-bond donors (Lipinski definition) is 1. The van der Waals surface area contributed by atoms with Crippen molar-refractivity contribution in [1.29, 1.82) is 0 Å². The molecule has 33 heavy (non-hydrogen) atoms. The van der Waals surface area contributed by atoms with E-state index in [1.54, 1.807) is 19.2 Å². The van der Waals surface area contributed by atoms with Gasteiger partial charge in [0.1, 0.15) is 17.4 Å². The van der Waals surface area contributed by atoms with Crippen molar-refractivity contribution >= 4 is 17.8 Å². The number of ether oxygens (including phenoxy) is 1. The van der Waals surface area contributed by atoms with E-state index in [2.05, 4.69) is 28.1 Å². The third-order valence-electron chi connectivity index (χ3n) is 6.32. The molecule has 2 aliphatic heterocycles. The van der Waals surface area contributed by atoms with Crippen molar-refractivity contribution in [3.05, 3.63) is 71.9 Å². The van der Waals surface area contributed by atoms with Crippen LogP contribution >= 0.6 is 0 Å². The summed E-state index contributed by atoms with van der Waals surface area (Å²) in [7, 11) is 1.67. The lowest BCUT2D eigenvalue weighted by Crippen LogP contribution is -2.42. The van der Waals surface area contributed by atoms with Gasteiger partial charge in [-0.1, -0.05) is 24.3 Å². The normalized spacial score (nSPS) is 17.5. The Morgan fingerprint density at radius 3 is 2.91 bits per heavy atom. The van der Waals surface area contributed by atoms with Gasteiger partial charge in [-0.05, 0) is 55.7 Å². The van der Waals surface area contributed by atoms with E-state index in [-0.39, 0.29) is 17.8 Å². The Bertz CT molecular complexity index is 1200. The van der Waals surface area contributed by atoms with Crippen molar-refractivity contribution in [3.8, 4) is 17.0 Å². The van der Waals surface area contributed by atoms with E-state index >= 15 is 0 Å². The fraction of sp³-hybridized carbons (Fsp3) is 0.308. The molecule has 0 spiro atoms. The van der Waals surface area contributed by atoms with E-state index in [1.807, 2.05) is 23.1 Å². The molecule has 7 heteroatoms. The number of urea groups is 1. The van der Waals surface area contributed by atoms with Gasteiger partial charge in [0.05, 0.1) is 18.5 Å². The summed E-state index contributed by atoms with van der Waals surface area (Å²) in [6.45, 7) is 2.14. The highest BCUT2D eigenvalue weighted by Crippen LogP contribution is 2.35. The number of allylic oxidation sites excluding steroid dienone is 1. The number of piperidine rings is 1. The Morgan fingerprint density at radius 1 is 1.18 bits per heavy atom. The van der Waals surface area contributed by atoms with Crippen LogP contribution in [-0.4, -0.2) is 40.7 Å². The van der Waals surface area contributed by atoms with Gasteiger partial charge in [-0.2, -0.15) is 0 Å². The Labute approximate surface area is 192 Å². The first-order chi connectivity index (χ1) is 16.1. The van der Waals surface area contributed by atoms with Gasteiger partial charge in [0.25, 0.3) is 0 Å². The number of hydrogen-bond acceptors (Lipinski definition) is 3. The van der Waals surface area contributed by atoms with Gasteiger partial charge in [0.2, 0.25) is 0 Å². The van der Waals surface area contributed by atoms with Crippen molar-refractivity contribution in [2.75, 3.05) is 25.5 Å². The quantitative estimate of drug-likeness (QED) is 0.574. The molecule has 2 aliphatic rings. The predicted molar refractivity (Wildman–Crippen MR) is 127 cm³/mol. The van der Waals surface area contributed by atoms with Gasteiger partial charge in [-0.15, -0.1) is 0 Å². The smallest absolute Gasteiger partial charge is 0.321 e. The number of likely N-dealkylation sites (tertiary alicyclic amines) is 1. The topological polar surface area (TPSA) is 59.4 Å². The molecular formula is C26H27FN4O2. The van der Waals surface area contributed by atoms with E-state index in [0.717, 1.165) is 54.3 Å². The largest absolute Gasteiger partial charge is 0.497 e. The molecule has 1 atom stereocenters. The lowest BCUT2D eigenvalue weighted by Gasteiger charge is -2.33. The highest BCUT2D eigenvalue weighted by Gasteiger charge is 2.30. The van der Waals surface area contributed by atoms with Gasteiger partial charge in [-0.3, -0.25) is 0 Å². The summed E-state index contributed by atoms with van der Waals surface area (Å²) < 4.78 is 21.2. The van der Waals surface area contributed by atoms with Crippen LogP contribution < -0.4 is 10.1 Å². The van der Waals surface area contributed by atoms with E-state index < -0.39 is 0 Å². The molecule has 3 heterocycles. The van der Waals surface area contributed by atoms with Crippen LogP contribution in [0.2, 0.25) is 0 Å². The first-order valence-electron chi connectivity index (χ1n) is 11.4. The molecular weight excluding hydrogens is 419 g/mol. The molecule has 1 saturated heterocycles. The zero-order valence-corrected chi connectivity index (χ0v) is 18.6. The molecule has 170 valence electrons. The molecule has 1 aromatic heterocycles. The molecule has 5 rings (SSSR count). The fourth-order valence-electron chi connectivity index (χ4n) is 4.72. The minimum atomic E-state index is -0.369. The van der Waals surface area contributed by atoms with Gasteiger partial charge in [0, 0.05) is 36.8 Å². The highest BCUT2D eigenvalue weighted by molar-refractivity contribution is 5.89. The van der Waals surface area contributed by atoms with Crippen molar-refractivity contribution in [2.45, 2.75) is 31.7 Å². The number of anilines is 1. The number of rotatable bonds is 4. The van der Waals surface area contributed by atoms with Crippen molar-refractivity contribution in [3.63, 3.8) is 0 Å². The number of halogens is 1. The number of amides is 2. The second-order valence-corrected chi connectivity index (χ2v) is 8.50. The van der Waals surface area contributed by atoms with Crippen LogP contribution in [-0.2, 0) is 6.54 Å². The standard InChI is InChI=1S/C26H27FN4O2/c1-33-22-11-4-7-18(15-22)24-23-12-2-3-14-31(23)25(29-24)19-8-6-13-30(17-19)26(32)28-21-10-5-9-20(27)16-21/h2,4-5,7,9-12,15-16,19H,3,6,8,13-14,17H2,1H3,(H,28,32). The van der Waals surface area contributed by atoms with Gasteiger partial charge >= 0.3 is 6.03 Å². The number of nitrogens with zero attached hydrogens (tertiary/aromatic N) is 3. The summed E-state index contributed by atoms with van der Waals surface area (Å²) >= 11 is 0. The second-order valence-electron chi connectivity index (χ2n) is 8.50. The summed E-state index contributed by atoms with van der Waals surface area (Å²) in [5.41, 5.74) is 3.53. The van der Waals surface area contributed by atoms with Crippen molar-refractivity contribution in [2.24, 2.45) is 0 Å². The number of fused-ring (bicyclic) bond motifs is 1. The zero-order chi connectivity index (χ0) is 22.8. The number of carbonyl (C=O) groups excluding carboxylic acids is 1. The van der Waals surface area contributed by atoms with Crippen LogP contribution in [0.5, 0.6) is 5.75 Å². The summed E-state index contributed by atoms with van der Waals surface area (Å²) in [5, 5.41) is 2.83. The second kappa shape index (κ2) is 9.10. The number of imidazole rings is 1. The molecule has 0 radical (unpaired) electrons. The lowest BCUT2D eigenvalue weighted by molar-refractivity contribution is 0.190. The Hall–Kier alpha value is -3.61. The van der Waals surface area contributed by atoms with Crippen LogP contribution in [0.4, 0.5) is 14.9 Å². The molecule has 2 aromatic carbocycles. The molecule has 3 aromatic rings. The summed E-state index contributed by atoms with van der Waals surface area (Å²) in [6.07, 6.45) is 7.16. The molecule has 0 saturated carbocycles. The highest BCUT2D eigenvalue weighted by atomic mass is 19.1. The van der Waals surface area contributed by atoms with Crippen LogP contribution in [0.3, 0.4) is 0 Å². The van der Waals surface area contributed by atoms with E-state index in [1.165, 1.54) is 12.1 Å². The van der Waals surface area contributed by atoms with Gasteiger partial charge in [-0.25, -0.2) is 14.2 Å². The first kappa shape index (κ1) is 21.2. The van der Waals surface area contributed by atoms with Crippen LogP contribution in [0.25, 0.3) is 17.3 Å². The number of benzene rings is 2. The maximum Gasteiger partial charge on any atom is 0.321 e. The maximum absolute atomic E-state index is 13.5. The molecule has 0 aliphatic carbocycles. The molecule has 1 fully saturated rings. The Balaban J connectivity index is 1.41. The molecule has 2 amide bonds. The minimum Gasteiger partial charge on any atom is -0.497 e. The van der Waals surface area contributed by atoms with Crippen LogP contribution in [0.15, 0.2) is 54.6 Å². The molecule has 1 N–H and O–H groups in total. The first-order valence-corrected chi connectivity index (χ1v) is 11.4. The average Bonchev–Trinajstić information content (AvgIpc) is 3.24. The SMILES string of the molecule is COc1cccc(-c2nc(C3CCCN(C(=O)Nc4cccc(F)c4)C3)n3c2C=CCC3)c1. The summed E-state index contributed by atoms with van der Waals surface area (Å²) in [4.78, 5) is 19.8.